The van der Waals surface area contributed by atoms with Gasteiger partial charge in [0, 0.05) is 31.1 Å². The second kappa shape index (κ2) is 6.32. The van der Waals surface area contributed by atoms with Crippen LogP contribution in [0.5, 0.6) is 0 Å². The van der Waals surface area contributed by atoms with Crippen molar-refractivity contribution < 1.29 is 0 Å². The van der Waals surface area contributed by atoms with Crippen LogP contribution in [0.15, 0.2) is 36.8 Å². The smallest absolute Gasteiger partial charge is 0.111 e. The minimum Gasteiger partial charge on any atom is -0.342 e. The van der Waals surface area contributed by atoms with Crippen molar-refractivity contribution in [3.05, 3.63) is 53.9 Å². The molecule has 1 aliphatic heterocycles. The zero-order valence-corrected chi connectivity index (χ0v) is 14.2. The standard InChI is InChI=1S/C19H23N5/c1-13-5-6-16-17(10-13)23-19(22-16)15-4-3-9-24(12-15)14(2)18-11-20-7-8-21-18/h5-8,10-11,14-15H,3-4,9,12H2,1-2H3,(H,22,23)/t14-,15+/m0/s1. The molecule has 4 rings (SSSR count). The Morgan fingerprint density at radius 1 is 1.29 bits per heavy atom. The molecule has 5 heteroatoms. The number of likely N-dealkylation sites (tertiary alicyclic amines) is 1. The number of imidazole rings is 1. The monoisotopic (exact) mass is 321 g/mol. The molecule has 3 aromatic rings. The molecule has 5 nitrogen and oxygen atoms in total. The fraction of sp³-hybridized carbons (Fsp3) is 0.421. The van der Waals surface area contributed by atoms with Gasteiger partial charge in [0.1, 0.15) is 5.82 Å². The van der Waals surface area contributed by atoms with Crippen LogP contribution in [0.3, 0.4) is 0 Å². The summed E-state index contributed by atoms with van der Waals surface area (Å²) in [7, 11) is 0. The van der Waals surface area contributed by atoms with Gasteiger partial charge in [0.25, 0.3) is 0 Å². The highest BCUT2D eigenvalue weighted by Crippen LogP contribution is 2.31. The lowest BCUT2D eigenvalue weighted by Gasteiger charge is -2.35. The average Bonchev–Trinajstić information content (AvgIpc) is 3.05. The molecule has 0 bridgehead atoms. The van der Waals surface area contributed by atoms with Gasteiger partial charge in [-0.05, 0) is 50.9 Å². The van der Waals surface area contributed by atoms with Gasteiger partial charge in [-0.2, -0.15) is 0 Å². The molecule has 0 spiro atoms. The van der Waals surface area contributed by atoms with Crippen LogP contribution in [0.25, 0.3) is 11.0 Å². The number of hydrogen-bond acceptors (Lipinski definition) is 4. The van der Waals surface area contributed by atoms with Crippen LogP contribution in [0.1, 0.15) is 48.8 Å². The van der Waals surface area contributed by atoms with Crippen LogP contribution < -0.4 is 0 Å². The number of nitrogens with zero attached hydrogens (tertiary/aromatic N) is 4. The number of H-pyrrole nitrogens is 1. The molecule has 0 saturated carbocycles. The molecule has 2 aromatic heterocycles. The molecule has 0 aliphatic carbocycles. The van der Waals surface area contributed by atoms with E-state index < -0.39 is 0 Å². The summed E-state index contributed by atoms with van der Waals surface area (Å²) in [6, 6.07) is 6.69. The van der Waals surface area contributed by atoms with E-state index in [1.54, 1.807) is 12.4 Å². The third kappa shape index (κ3) is 2.91. The van der Waals surface area contributed by atoms with Crippen molar-refractivity contribution in [2.45, 2.75) is 38.6 Å². The van der Waals surface area contributed by atoms with Crippen molar-refractivity contribution in [1.82, 2.24) is 24.8 Å². The molecule has 0 amide bonds. The van der Waals surface area contributed by atoms with Gasteiger partial charge in [-0.1, -0.05) is 6.07 Å². The van der Waals surface area contributed by atoms with Crippen LogP contribution in [0.4, 0.5) is 0 Å². The Morgan fingerprint density at radius 2 is 2.21 bits per heavy atom. The molecule has 2 atom stereocenters. The van der Waals surface area contributed by atoms with Gasteiger partial charge < -0.3 is 4.98 Å². The van der Waals surface area contributed by atoms with Crippen LogP contribution in [-0.4, -0.2) is 37.9 Å². The summed E-state index contributed by atoms with van der Waals surface area (Å²) in [6.07, 6.45) is 7.74. The molecule has 1 N–H and O–H groups in total. The van der Waals surface area contributed by atoms with Crippen molar-refractivity contribution in [3.8, 4) is 0 Å². The number of hydrogen-bond donors (Lipinski definition) is 1. The van der Waals surface area contributed by atoms with E-state index in [1.165, 1.54) is 18.4 Å². The lowest BCUT2D eigenvalue weighted by atomic mass is 9.96. The predicted molar refractivity (Wildman–Crippen MR) is 94.8 cm³/mol. The second-order valence-corrected chi connectivity index (χ2v) is 6.78. The van der Waals surface area contributed by atoms with Gasteiger partial charge in [-0.15, -0.1) is 0 Å². The van der Waals surface area contributed by atoms with E-state index in [-0.39, 0.29) is 6.04 Å². The summed E-state index contributed by atoms with van der Waals surface area (Å²) in [5, 5.41) is 0. The highest BCUT2D eigenvalue weighted by atomic mass is 15.2. The van der Waals surface area contributed by atoms with Crippen molar-refractivity contribution in [3.63, 3.8) is 0 Å². The first-order valence-electron chi connectivity index (χ1n) is 8.67. The molecular weight excluding hydrogens is 298 g/mol. The number of fused-ring (bicyclic) bond motifs is 1. The highest BCUT2D eigenvalue weighted by Gasteiger charge is 2.27. The Labute approximate surface area is 142 Å². The topological polar surface area (TPSA) is 57.7 Å². The minimum atomic E-state index is 0.285. The van der Waals surface area contributed by atoms with E-state index in [2.05, 4.69) is 51.9 Å². The zero-order valence-electron chi connectivity index (χ0n) is 14.2. The Hall–Kier alpha value is -2.27. The third-order valence-electron chi connectivity index (χ3n) is 5.05. The lowest BCUT2D eigenvalue weighted by molar-refractivity contribution is 0.153. The number of aromatic amines is 1. The first-order chi connectivity index (χ1) is 11.7. The average molecular weight is 321 g/mol. The van der Waals surface area contributed by atoms with Crippen LogP contribution >= 0.6 is 0 Å². The predicted octanol–water partition coefficient (Wildman–Crippen LogP) is 3.60. The Balaban J connectivity index is 1.55. The van der Waals surface area contributed by atoms with Crippen molar-refractivity contribution in [2.75, 3.05) is 13.1 Å². The maximum atomic E-state index is 4.83. The Bertz CT molecular complexity index is 826. The Kier molecular flexibility index (Phi) is 4.02. The number of aromatic nitrogens is 4. The third-order valence-corrected chi connectivity index (χ3v) is 5.05. The van der Waals surface area contributed by atoms with E-state index in [4.69, 9.17) is 4.98 Å². The fourth-order valence-corrected chi connectivity index (χ4v) is 3.63. The molecule has 24 heavy (non-hydrogen) atoms. The molecule has 1 fully saturated rings. The normalized spacial score (nSPS) is 20.3. The number of aryl methyl sites for hydroxylation is 1. The van der Waals surface area contributed by atoms with Crippen molar-refractivity contribution in [1.29, 1.82) is 0 Å². The van der Waals surface area contributed by atoms with Crippen molar-refractivity contribution in [2.24, 2.45) is 0 Å². The molecule has 1 aromatic carbocycles. The van der Waals surface area contributed by atoms with Gasteiger partial charge in [0.15, 0.2) is 0 Å². The fourth-order valence-electron chi connectivity index (χ4n) is 3.63. The molecule has 0 radical (unpaired) electrons. The van der Waals surface area contributed by atoms with Gasteiger partial charge >= 0.3 is 0 Å². The van der Waals surface area contributed by atoms with Gasteiger partial charge in [0.2, 0.25) is 0 Å². The minimum absolute atomic E-state index is 0.285. The second-order valence-electron chi connectivity index (χ2n) is 6.78. The first kappa shape index (κ1) is 15.3. The summed E-state index contributed by atoms with van der Waals surface area (Å²) >= 11 is 0. The zero-order chi connectivity index (χ0) is 16.5. The van der Waals surface area contributed by atoms with Gasteiger partial charge in [-0.3, -0.25) is 14.9 Å². The maximum absolute atomic E-state index is 4.83. The van der Waals surface area contributed by atoms with Gasteiger partial charge in [0.05, 0.1) is 22.8 Å². The lowest BCUT2D eigenvalue weighted by Crippen LogP contribution is -2.37. The number of nitrogens with one attached hydrogen (secondary N) is 1. The first-order valence-corrected chi connectivity index (χ1v) is 8.67. The molecular formula is C19H23N5. The van der Waals surface area contributed by atoms with Gasteiger partial charge in [-0.25, -0.2) is 4.98 Å². The molecule has 3 heterocycles. The number of benzene rings is 1. The maximum Gasteiger partial charge on any atom is 0.111 e. The van der Waals surface area contributed by atoms with Crippen LogP contribution in [0, 0.1) is 6.92 Å². The molecule has 1 saturated heterocycles. The van der Waals surface area contributed by atoms with Crippen LogP contribution in [0.2, 0.25) is 0 Å². The largest absolute Gasteiger partial charge is 0.342 e. The summed E-state index contributed by atoms with van der Waals surface area (Å²) in [4.78, 5) is 19.5. The molecule has 1 aliphatic rings. The molecule has 124 valence electrons. The van der Waals surface area contributed by atoms with E-state index >= 15 is 0 Å². The molecule has 0 unspecified atom stereocenters. The van der Waals surface area contributed by atoms with Crippen molar-refractivity contribution >= 4 is 11.0 Å². The van der Waals surface area contributed by atoms with E-state index in [1.807, 2.05) is 6.20 Å². The quantitative estimate of drug-likeness (QED) is 0.801. The Morgan fingerprint density at radius 3 is 3.04 bits per heavy atom. The summed E-state index contributed by atoms with van der Waals surface area (Å²) in [5.41, 5.74) is 4.51. The van der Waals surface area contributed by atoms with Crippen LogP contribution in [-0.2, 0) is 0 Å². The highest BCUT2D eigenvalue weighted by molar-refractivity contribution is 5.75. The summed E-state index contributed by atoms with van der Waals surface area (Å²) in [5.74, 6) is 1.57. The number of piperidine rings is 1. The van der Waals surface area contributed by atoms with E-state index in [9.17, 15) is 0 Å². The van der Waals surface area contributed by atoms with E-state index in [0.717, 1.165) is 35.6 Å². The SMILES string of the molecule is Cc1ccc2nc([C@@H]3CCCN([C@@H](C)c4cnccn4)C3)[nH]c2c1. The number of rotatable bonds is 3. The summed E-state index contributed by atoms with van der Waals surface area (Å²) in [6.45, 7) is 6.45. The summed E-state index contributed by atoms with van der Waals surface area (Å²) < 4.78 is 0. The van der Waals surface area contributed by atoms with E-state index in [0.29, 0.717) is 5.92 Å².